The van der Waals surface area contributed by atoms with E-state index in [9.17, 15) is 13.5 Å². The smallest absolute Gasteiger partial charge is 0.244 e. The van der Waals surface area contributed by atoms with Crippen molar-refractivity contribution in [3.8, 4) is 0 Å². The second kappa shape index (κ2) is 6.22. The summed E-state index contributed by atoms with van der Waals surface area (Å²) in [6, 6.07) is 4.98. The molecule has 0 radical (unpaired) electrons. The molecule has 4 nitrogen and oxygen atoms in total. The molecule has 0 heterocycles. The minimum Gasteiger partial charge on any atom is -0.389 e. The highest BCUT2D eigenvalue weighted by Crippen LogP contribution is 2.28. The van der Waals surface area contributed by atoms with Crippen LogP contribution in [0.5, 0.6) is 0 Å². The molecule has 7 heteroatoms. The summed E-state index contributed by atoms with van der Waals surface area (Å²) < 4.78 is 27.6. The minimum absolute atomic E-state index is 0.0464. The highest BCUT2D eigenvalue weighted by Gasteiger charge is 2.29. The molecule has 1 rings (SSSR count). The van der Waals surface area contributed by atoms with Gasteiger partial charge >= 0.3 is 0 Å². The zero-order valence-electron chi connectivity index (χ0n) is 11.0. The lowest BCUT2D eigenvalue weighted by atomic mass is 10.1. The maximum atomic E-state index is 12.6. The first kappa shape index (κ1) is 17.1. The number of likely N-dealkylation sites (N-methyl/N-ethyl adjacent to an activating group) is 1. The number of hydrogen-bond donors (Lipinski definition) is 1. The molecule has 0 aliphatic heterocycles. The van der Waals surface area contributed by atoms with Gasteiger partial charge in [0, 0.05) is 22.0 Å². The Morgan fingerprint density at radius 3 is 2.37 bits per heavy atom. The standard InChI is InChI=1S/C12H17Br2NO3S/c1-4-15(8-12(2,3)16)19(17,18)11-7-9(13)5-6-10(11)14/h5-7,16H,4,8H2,1-3H3. The first-order chi connectivity index (χ1) is 8.58. The van der Waals surface area contributed by atoms with Gasteiger partial charge in [0.1, 0.15) is 0 Å². The third-order valence-electron chi connectivity index (χ3n) is 2.43. The Labute approximate surface area is 131 Å². The molecule has 0 bridgehead atoms. The van der Waals surface area contributed by atoms with Crippen molar-refractivity contribution in [1.29, 1.82) is 0 Å². The molecular weight excluding hydrogens is 398 g/mol. The fourth-order valence-corrected chi connectivity index (χ4v) is 4.68. The van der Waals surface area contributed by atoms with Crippen LogP contribution in [0.2, 0.25) is 0 Å². The van der Waals surface area contributed by atoms with Gasteiger partial charge in [-0.2, -0.15) is 4.31 Å². The topological polar surface area (TPSA) is 57.6 Å². The van der Waals surface area contributed by atoms with Gasteiger partial charge in [0.2, 0.25) is 10.0 Å². The van der Waals surface area contributed by atoms with Crippen molar-refractivity contribution in [2.24, 2.45) is 0 Å². The number of nitrogens with zero attached hydrogens (tertiary/aromatic N) is 1. The minimum atomic E-state index is -3.64. The molecule has 0 unspecified atom stereocenters. The number of aliphatic hydroxyl groups is 1. The SMILES string of the molecule is CCN(CC(C)(C)O)S(=O)(=O)c1cc(Br)ccc1Br. The van der Waals surface area contributed by atoms with Gasteiger partial charge in [0.15, 0.2) is 0 Å². The zero-order chi connectivity index (χ0) is 14.8. The largest absolute Gasteiger partial charge is 0.389 e. The van der Waals surface area contributed by atoms with E-state index in [1.165, 1.54) is 4.31 Å². The van der Waals surface area contributed by atoms with E-state index in [-0.39, 0.29) is 11.4 Å². The highest BCUT2D eigenvalue weighted by atomic mass is 79.9. The van der Waals surface area contributed by atoms with Crippen LogP contribution in [0, 0.1) is 0 Å². The molecule has 0 aromatic heterocycles. The fourth-order valence-electron chi connectivity index (χ4n) is 1.61. The average Bonchev–Trinajstić information content (AvgIpc) is 2.27. The van der Waals surface area contributed by atoms with Gasteiger partial charge in [-0.05, 0) is 48.0 Å². The predicted octanol–water partition coefficient (Wildman–Crippen LogP) is 2.99. The summed E-state index contributed by atoms with van der Waals surface area (Å²) in [6.45, 7) is 5.26. The van der Waals surface area contributed by atoms with Crippen molar-refractivity contribution in [3.63, 3.8) is 0 Å². The maximum absolute atomic E-state index is 12.6. The molecule has 19 heavy (non-hydrogen) atoms. The molecule has 0 spiro atoms. The molecule has 0 aliphatic carbocycles. The monoisotopic (exact) mass is 413 g/mol. The highest BCUT2D eigenvalue weighted by molar-refractivity contribution is 9.11. The Morgan fingerprint density at radius 2 is 1.89 bits per heavy atom. The molecule has 0 fully saturated rings. The van der Waals surface area contributed by atoms with Crippen molar-refractivity contribution < 1.29 is 13.5 Å². The van der Waals surface area contributed by atoms with E-state index in [0.717, 1.165) is 0 Å². The normalized spacial score (nSPS) is 13.0. The lowest BCUT2D eigenvalue weighted by Crippen LogP contribution is -2.42. The molecule has 0 saturated carbocycles. The van der Waals surface area contributed by atoms with Gasteiger partial charge in [-0.15, -0.1) is 0 Å². The van der Waals surface area contributed by atoms with E-state index in [0.29, 0.717) is 15.5 Å². The van der Waals surface area contributed by atoms with Gasteiger partial charge in [0.25, 0.3) is 0 Å². The number of benzene rings is 1. The summed E-state index contributed by atoms with van der Waals surface area (Å²) in [4.78, 5) is 0.188. The Morgan fingerprint density at radius 1 is 1.32 bits per heavy atom. The fraction of sp³-hybridized carbons (Fsp3) is 0.500. The van der Waals surface area contributed by atoms with Crippen LogP contribution in [0.3, 0.4) is 0 Å². The van der Waals surface area contributed by atoms with Gasteiger partial charge in [0.05, 0.1) is 10.5 Å². The predicted molar refractivity (Wildman–Crippen MR) is 82.6 cm³/mol. The van der Waals surface area contributed by atoms with Gasteiger partial charge in [-0.25, -0.2) is 8.42 Å². The summed E-state index contributed by atoms with van der Waals surface area (Å²) in [5.41, 5.74) is -1.08. The first-order valence-corrected chi connectivity index (χ1v) is 8.78. The van der Waals surface area contributed by atoms with Crippen molar-refractivity contribution in [2.75, 3.05) is 13.1 Å². The molecule has 108 valence electrons. The van der Waals surface area contributed by atoms with Crippen LogP contribution < -0.4 is 0 Å². The lowest BCUT2D eigenvalue weighted by Gasteiger charge is -2.27. The molecule has 0 atom stereocenters. The Hall–Kier alpha value is 0.0500. The summed E-state index contributed by atoms with van der Waals surface area (Å²) in [6.07, 6.45) is 0. The third-order valence-corrected chi connectivity index (χ3v) is 5.83. The second-order valence-electron chi connectivity index (χ2n) is 4.82. The van der Waals surface area contributed by atoms with E-state index in [1.54, 1.807) is 39.0 Å². The Bertz CT molecular complexity index is 553. The molecule has 1 aromatic rings. The summed E-state index contributed by atoms with van der Waals surface area (Å²) in [5, 5.41) is 9.83. The second-order valence-corrected chi connectivity index (χ2v) is 8.49. The summed E-state index contributed by atoms with van der Waals surface area (Å²) in [7, 11) is -3.64. The molecular formula is C12H17Br2NO3S. The molecule has 1 aromatic carbocycles. The number of sulfonamides is 1. The Kier molecular flexibility index (Phi) is 5.60. The van der Waals surface area contributed by atoms with E-state index >= 15 is 0 Å². The van der Waals surface area contributed by atoms with Crippen LogP contribution >= 0.6 is 31.9 Å². The number of hydrogen-bond acceptors (Lipinski definition) is 3. The van der Waals surface area contributed by atoms with Crippen LogP contribution in [0.1, 0.15) is 20.8 Å². The van der Waals surface area contributed by atoms with Crippen LogP contribution in [-0.2, 0) is 10.0 Å². The van der Waals surface area contributed by atoms with Crippen LogP contribution in [0.25, 0.3) is 0 Å². The molecule has 1 N–H and O–H groups in total. The average molecular weight is 415 g/mol. The molecule has 0 aliphatic rings. The van der Waals surface area contributed by atoms with Crippen molar-refractivity contribution >= 4 is 41.9 Å². The van der Waals surface area contributed by atoms with E-state index in [2.05, 4.69) is 31.9 Å². The number of halogens is 2. The quantitative estimate of drug-likeness (QED) is 0.805. The summed E-state index contributed by atoms with van der Waals surface area (Å²) in [5.74, 6) is 0. The Balaban J connectivity index is 3.25. The van der Waals surface area contributed by atoms with Crippen molar-refractivity contribution in [1.82, 2.24) is 4.31 Å². The van der Waals surface area contributed by atoms with Gasteiger partial charge < -0.3 is 5.11 Å². The van der Waals surface area contributed by atoms with Gasteiger partial charge in [-0.1, -0.05) is 22.9 Å². The van der Waals surface area contributed by atoms with Crippen LogP contribution in [0.15, 0.2) is 32.0 Å². The van der Waals surface area contributed by atoms with Crippen LogP contribution in [-0.4, -0.2) is 36.5 Å². The third kappa shape index (κ3) is 4.53. The zero-order valence-corrected chi connectivity index (χ0v) is 15.0. The molecule has 0 saturated heterocycles. The van der Waals surface area contributed by atoms with Crippen molar-refractivity contribution in [2.45, 2.75) is 31.3 Å². The lowest BCUT2D eigenvalue weighted by molar-refractivity contribution is 0.0601. The molecule has 0 amide bonds. The first-order valence-electron chi connectivity index (χ1n) is 5.75. The number of rotatable bonds is 5. The van der Waals surface area contributed by atoms with E-state index in [1.807, 2.05) is 0 Å². The van der Waals surface area contributed by atoms with E-state index in [4.69, 9.17) is 0 Å². The van der Waals surface area contributed by atoms with Gasteiger partial charge in [-0.3, -0.25) is 0 Å². The maximum Gasteiger partial charge on any atom is 0.244 e. The van der Waals surface area contributed by atoms with Crippen LogP contribution in [0.4, 0.5) is 0 Å². The van der Waals surface area contributed by atoms with E-state index < -0.39 is 15.6 Å². The summed E-state index contributed by atoms with van der Waals surface area (Å²) >= 11 is 6.52. The van der Waals surface area contributed by atoms with Crippen molar-refractivity contribution in [3.05, 3.63) is 27.1 Å².